The van der Waals surface area contributed by atoms with Gasteiger partial charge in [-0.2, -0.15) is 6.04 Å². The van der Waals surface area contributed by atoms with E-state index in [2.05, 4.69) is 24.4 Å². The van der Waals surface area contributed by atoms with Crippen molar-refractivity contribution in [1.82, 2.24) is 5.32 Å². The monoisotopic (exact) mass is 171 g/mol. The first-order chi connectivity index (χ1) is 2.89. The zero-order valence-corrected chi connectivity index (χ0v) is 7.28. The molecule has 1 aliphatic heterocycles. The third-order valence-electron chi connectivity index (χ3n) is 0.867. The molecule has 0 unspecified atom stereocenters. The van der Waals surface area contributed by atoms with Gasteiger partial charge in [-0.1, -0.05) is 13.5 Å². The quantitative estimate of drug-likeness (QED) is 0.529. The molecular weight excluding hydrogens is 163 g/mol. The summed E-state index contributed by atoms with van der Waals surface area (Å²) in [4.78, 5) is 0. The number of nitrogens with one attached hydrogen (secondary N) is 1. The Morgan fingerprint density at radius 2 is 2.43 bits per heavy atom. The van der Waals surface area contributed by atoms with Gasteiger partial charge in [0.05, 0.1) is 0 Å². The van der Waals surface area contributed by atoms with Gasteiger partial charge >= 0.3 is 0 Å². The van der Waals surface area contributed by atoms with Crippen LogP contribution >= 0.6 is 0 Å². The Kier molecular flexibility index (Phi) is 4.00. The van der Waals surface area contributed by atoms with Crippen LogP contribution in [0.1, 0.15) is 6.92 Å². The SMILES string of the molecule is C[C-]1C=CCN1.[Y]. The maximum absolute atomic E-state index is 3.12. The van der Waals surface area contributed by atoms with Crippen LogP contribution in [0.3, 0.4) is 0 Å². The van der Waals surface area contributed by atoms with Crippen molar-refractivity contribution in [1.29, 1.82) is 0 Å². The molecule has 0 saturated heterocycles. The molecule has 0 bridgehead atoms. The topological polar surface area (TPSA) is 12.0 Å². The third-order valence-corrected chi connectivity index (χ3v) is 0.867. The summed E-state index contributed by atoms with van der Waals surface area (Å²) in [6, 6.07) is 1.27. The van der Waals surface area contributed by atoms with Crippen molar-refractivity contribution in [2.75, 3.05) is 6.54 Å². The van der Waals surface area contributed by atoms with E-state index in [-0.39, 0.29) is 32.7 Å². The number of rotatable bonds is 0. The van der Waals surface area contributed by atoms with E-state index >= 15 is 0 Å². The molecule has 0 aromatic carbocycles. The van der Waals surface area contributed by atoms with Crippen LogP contribution in [0.25, 0.3) is 0 Å². The van der Waals surface area contributed by atoms with E-state index in [4.69, 9.17) is 0 Å². The van der Waals surface area contributed by atoms with E-state index in [0.717, 1.165) is 6.54 Å². The Morgan fingerprint density at radius 3 is 2.57 bits per heavy atom. The van der Waals surface area contributed by atoms with E-state index < -0.39 is 0 Å². The van der Waals surface area contributed by atoms with Crippen LogP contribution in [0.5, 0.6) is 0 Å². The molecular formula is C5H8NY-. The molecule has 0 aromatic rings. The molecule has 1 nitrogen and oxygen atoms in total. The predicted molar refractivity (Wildman–Crippen MR) is 26.1 cm³/mol. The Hall–Kier alpha value is 0.674. The minimum Gasteiger partial charge on any atom is -0.382 e. The molecule has 37 valence electrons. The average Bonchev–Trinajstić information content (AvgIpc) is 1.86. The zero-order valence-electron chi connectivity index (χ0n) is 4.44. The summed E-state index contributed by atoms with van der Waals surface area (Å²) >= 11 is 0. The first-order valence-corrected chi connectivity index (χ1v) is 2.13. The van der Waals surface area contributed by atoms with Gasteiger partial charge in [-0.05, 0) is 0 Å². The van der Waals surface area contributed by atoms with Crippen LogP contribution in [0.15, 0.2) is 12.2 Å². The van der Waals surface area contributed by atoms with Gasteiger partial charge in [0, 0.05) is 32.7 Å². The van der Waals surface area contributed by atoms with Crippen molar-refractivity contribution in [3.8, 4) is 0 Å². The summed E-state index contributed by atoms with van der Waals surface area (Å²) in [5, 5.41) is 3.12. The molecule has 0 fully saturated rings. The largest absolute Gasteiger partial charge is 0.382 e. The molecule has 1 radical (unpaired) electrons. The van der Waals surface area contributed by atoms with E-state index in [1.54, 1.807) is 0 Å². The summed E-state index contributed by atoms with van der Waals surface area (Å²) < 4.78 is 0. The van der Waals surface area contributed by atoms with Crippen LogP contribution in [0.2, 0.25) is 0 Å². The third kappa shape index (κ3) is 2.48. The second-order valence-corrected chi connectivity index (χ2v) is 1.47. The standard InChI is InChI=1S/C5H8N.Y/c1-5-3-2-4-6-5;/h2-3,6H,4H2,1H3;/q-1;. The van der Waals surface area contributed by atoms with Gasteiger partial charge in [-0.25, -0.2) is 12.2 Å². The Labute approximate surface area is 69.4 Å². The summed E-state index contributed by atoms with van der Waals surface area (Å²) in [6.07, 6.45) is 4.19. The average molecular weight is 171 g/mol. The van der Waals surface area contributed by atoms with Crippen LogP contribution < -0.4 is 5.32 Å². The number of hydrogen-bond acceptors (Lipinski definition) is 1. The maximum Gasteiger partial charge on any atom is 0 e. The molecule has 7 heavy (non-hydrogen) atoms. The van der Waals surface area contributed by atoms with Crippen molar-refractivity contribution in [3.05, 3.63) is 18.2 Å². The Balaban J connectivity index is 0.000000360. The molecule has 2 heteroatoms. The molecule has 1 rings (SSSR count). The van der Waals surface area contributed by atoms with Gasteiger partial charge < -0.3 is 5.32 Å². The van der Waals surface area contributed by atoms with Gasteiger partial charge in [-0.3, -0.25) is 0 Å². The van der Waals surface area contributed by atoms with Gasteiger partial charge in [-0.15, -0.1) is 0 Å². The molecule has 1 N–H and O–H groups in total. The van der Waals surface area contributed by atoms with Crippen LogP contribution in [-0.2, 0) is 32.7 Å². The minimum atomic E-state index is 0. The van der Waals surface area contributed by atoms with Crippen molar-refractivity contribution in [2.45, 2.75) is 6.92 Å². The molecule has 1 aliphatic rings. The Morgan fingerprint density at radius 1 is 1.71 bits per heavy atom. The molecule has 0 aromatic heterocycles. The fraction of sp³-hybridized carbons (Fsp3) is 0.400. The summed E-state index contributed by atoms with van der Waals surface area (Å²) in [7, 11) is 0. The summed E-state index contributed by atoms with van der Waals surface area (Å²) in [5.41, 5.74) is 0. The van der Waals surface area contributed by atoms with Crippen molar-refractivity contribution >= 4 is 0 Å². The van der Waals surface area contributed by atoms with Gasteiger partial charge in [0.2, 0.25) is 0 Å². The second-order valence-electron chi connectivity index (χ2n) is 1.47. The van der Waals surface area contributed by atoms with Crippen molar-refractivity contribution < 1.29 is 32.7 Å². The van der Waals surface area contributed by atoms with Crippen LogP contribution in [0.4, 0.5) is 0 Å². The van der Waals surface area contributed by atoms with Gasteiger partial charge in [0.25, 0.3) is 0 Å². The molecule has 0 spiro atoms. The molecule has 0 amide bonds. The van der Waals surface area contributed by atoms with Gasteiger partial charge in [0.1, 0.15) is 0 Å². The van der Waals surface area contributed by atoms with E-state index in [0.29, 0.717) is 0 Å². The predicted octanol–water partition coefficient (Wildman–Crippen LogP) is 0.695. The van der Waals surface area contributed by atoms with E-state index in [1.165, 1.54) is 6.04 Å². The van der Waals surface area contributed by atoms with Crippen molar-refractivity contribution in [2.24, 2.45) is 0 Å². The molecule has 0 aliphatic carbocycles. The van der Waals surface area contributed by atoms with Crippen LogP contribution in [0, 0.1) is 6.04 Å². The van der Waals surface area contributed by atoms with Gasteiger partial charge in [0.15, 0.2) is 0 Å². The second kappa shape index (κ2) is 3.65. The first-order valence-electron chi connectivity index (χ1n) is 2.13. The fourth-order valence-electron chi connectivity index (χ4n) is 0.515. The number of hydrogen-bond donors (Lipinski definition) is 1. The summed E-state index contributed by atoms with van der Waals surface area (Å²) in [6.45, 7) is 3.08. The fourth-order valence-corrected chi connectivity index (χ4v) is 0.515. The van der Waals surface area contributed by atoms with Crippen molar-refractivity contribution in [3.63, 3.8) is 0 Å². The van der Waals surface area contributed by atoms with E-state index in [1.807, 2.05) is 0 Å². The minimum absolute atomic E-state index is 0. The molecule has 0 atom stereocenters. The summed E-state index contributed by atoms with van der Waals surface area (Å²) in [5.74, 6) is 0. The smallest absolute Gasteiger partial charge is 0 e. The molecule has 1 heterocycles. The zero-order chi connectivity index (χ0) is 4.41. The van der Waals surface area contributed by atoms with Crippen LogP contribution in [-0.4, -0.2) is 6.54 Å². The maximum atomic E-state index is 3.12. The normalized spacial score (nSPS) is 17.0. The molecule has 0 saturated carbocycles. The first kappa shape index (κ1) is 7.67. The van der Waals surface area contributed by atoms with E-state index in [9.17, 15) is 0 Å². The Bertz CT molecular complexity index is 70.5.